The molecule has 0 saturated carbocycles. The summed E-state index contributed by atoms with van der Waals surface area (Å²) >= 11 is 0. The molecule has 0 amide bonds. The fraction of sp³-hybridized carbons (Fsp3) is 1.00. The van der Waals surface area contributed by atoms with E-state index in [1.807, 2.05) is 0 Å². The largest absolute Gasteiger partial charge is 0.356 e. The molecular weight excluding hydrogens is 256 g/mol. The summed E-state index contributed by atoms with van der Waals surface area (Å²) in [4.78, 5) is 0. The number of methoxy groups -OCH3 is 1. The van der Waals surface area contributed by atoms with Crippen molar-refractivity contribution in [1.29, 1.82) is 0 Å². The molecule has 0 saturated heterocycles. The van der Waals surface area contributed by atoms with Gasteiger partial charge in [0.05, 0.1) is 13.2 Å². The molecule has 0 aliphatic rings. The molecule has 0 bridgehead atoms. The van der Waals surface area contributed by atoms with E-state index in [4.69, 9.17) is 18.9 Å². The van der Waals surface area contributed by atoms with Crippen molar-refractivity contribution >= 4 is 0 Å². The first-order valence-electron chi connectivity index (χ1n) is 8.16. The summed E-state index contributed by atoms with van der Waals surface area (Å²) in [6.45, 7) is 9.72. The van der Waals surface area contributed by atoms with Gasteiger partial charge in [0.2, 0.25) is 0 Å². The van der Waals surface area contributed by atoms with Crippen LogP contribution in [-0.4, -0.2) is 32.6 Å². The average molecular weight is 290 g/mol. The Morgan fingerprint density at radius 3 is 1.85 bits per heavy atom. The van der Waals surface area contributed by atoms with E-state index in [0.717, 1.165) is 44.9 Å². The van der Waals surface area contributed by atoms with Crippen molar-refractivity contribution in [2.75, 3.05) is 20.3 Å². The lowest BCUT2D eigenvalue weighted by Gasteiger charge is -2.36. The van der Waals surface area contributed by atoms with Crippen molar-refractivity contribution in [3.05, 3.63) is 0 Å². The Morgan fingerprint density at radius 2 is 1.45 bits per heavy atom. The smallest absolute Gasteiger partial charge is 0.285 e. The van der Waals surface area contributed by atoms with Gasteiger partial charge in [-0.1, -0.05) is 40.5 Å². The summed E-state index contributed by atoms with van der Waals surface area (Å²) in [5, 5.41) is 0. The lowest BCUT2D eigenvalue weighted by Crippen LogP contribution is -2.43. The molecule has 0 rings (SSSR count). The van der Waals surface area contributed by atoms with Crippen LogP contribution < -0.4 is 0 Å². The van der Waals surface area contributed by atoms with Gasteiger partial charge in [0, 0.05) is 13.5 Å². The Labute approximate surface area is 125 Å². The molecule has 1 atom stereocenters. The van der Waals surface area contributed by atoms with E-state index in [1.54, 1.807) is 7.11 Å². The highest BCUT2D eigenvalue weighted by molar-refractivity contribution is 4.61. The van der Waals surface area contributed by atoms with Crippen LogP contribution in [0.5, 0.6) is 0 Å². The van der Waals surface area contributed by atoms with Gasteiger partial charge in [-0.05, 0) is 25.7 Å². The summed E-state index contributed by atoms with van der Waals surface area (Å²) in [6.07, 6.45) is 6.30. The zero-order valence-corrected chi connectivity index (χ0v) is 14.1. The van der Waals surface area contributed by atoms with E-state index in [1.165, 1.54) is 0 Å². The Bertz CT molecular complexity index is 187. The lowest BCUT2D eigenvalue weighted by molar-refractivity contribution is -0.420. The monoisotopic (exact) mass is 290 g/mol. The van der Waals surface area contributed by atoms with Crippen LogP contribution in [0.1, 0.15) is 72.6 Å². The molecule has 1 unspecified atom stereocenters. The van der Waals surface area contributed by atoms with Gasteiger partial charge < -0.3 is 14.2 Å². The first kappa shape index (κ1) is 19.8. The van der Waals surface area contributed by atoms with Gasteiger partial charge in [0.25, 0.3) is 5.97 Å². The van der Waals surface area contributed by atoms with Crippen molar-refractivity contribution in [2.45, 2.75) is 84.9 Å². The lowest BCUT2D eigenvalue weighted by atomic mass is 10.2. The third-order valence-electron chi connectivity index (χ3n) is 2.99. The molecule has 0 aliphatic carbocycles. The second-order valence-corrected chi connectivity index (χ2v) is 5.06. The second-order valence-electron chi connectivity index (χ2n) is 5.06. The highest BCUT2D eigenvalue weighted by atomic mass is 16.9. The predicted molar refractivity (Wildman–Crippen MR) is 81.5 cm³/mol. The maximum Gasteiger partial charge on any atom is 0.285 e. The molecule has 122 valence electrons. The van der Waals surface area contributed by atoms with E-state index in [2.05, 4.69) is 27.7 Å². The number of rotatable bonds is 14. The van der Waals surface area contributed by atoms with Crippen molar-refractivity contribution in [3.8, 4) is 0 Å². The van der Waals surface area contributed by atoms with Crippen LogP contribution in [0.4, 0.5) is 0 Å². The molecule has 0 spiro atoms. The molecule has 0 aromatic carbocycles. The molecule has 4 nitrogen and oxygen atoms in total. The van der Waals surface area contributed by atoms with Gasteiger partial charge >= 0.3 is 0 Å². The Kier molecular flexibility index (Phi) is 12.5. The van der Waals surface area contributed by atoms with E-state index in [-0.39, 0.29) is 6.29 Å². The van der Waals surface area contributed by atoms with Crippen LogP contribution in [0.3, 0.4) is 0 Å². The minimum Gasteiger partial charge on any atom is -0.356 e. The topological polar surface area (TPSA) is 36.9 Å². The zero-order chi connectivity index (χ0) is 15.3. The molecule has 0 N–H and O–H groups in total. The molecule has 0 aliphatic heterocycles. The summed E-state index contributed by atoms with van der Waals surface area (Å²) in [5.41, 5.74) is 0. The van der Waals surface area contributed by atoms with E-state index < -0.39 is 5.97 Å². The number of hydrogen-bond donors (Lipinski definition) is 0. The third kappa shape index (κ3) is 8.20. The zero-order valence-electron chi connectivity index (χ0n) is 14.1. The van der Waals surface area contributed by atoms with Crippen molar-refractivity contribution in [1.82, 2.24) is 0 Å². The van der Waals surface area contributed by atoms with Crippen molar-refractivity contribution < 1.29 is 18.9 Å². The van der Waals surface area contributed by atoms with E-state index in [9.17, 15) is 0 Å². The number of ether oxygens (including phenoxy) is 4. The van der Waals surface area contributed by atoms with Crippen LogP contribution >= 0.6 is 0 Å². The van der Waals surface area contributed by atoms with Gasteiger partial charge in [-0.15, -0.1) is 0 Å². The van der Waals surface area contributed by atoms with E-state index in [0.29, 0.717) is 13.2 Å². The van der Waals surface area contributed by atoms with Crippen LogP contribution in [0.15, 0.2) is 0 Å². The third-order valence-corrected chi connectivity index (χ3v) is 2.99. The normalized spacial score (nSPS) is 13.7. The Balaban J connectivity index is 4.80. The quantitative estimate of drug-likeness (QED) is 0.442. The van der Waals surface area contributed by atoms with Gasteiger partial charge in [-0.2, -0.15) is 0 Å². The fourth-order valence-corrected chi connectivity index (χ4v) is 1.88. The molecular formula is C16H34O4. The maximum atomic E-state index is 6.07. The van der Waals surface area contributed by atoms with Gasteiger partial charge in [0.1, 0.15) is 0 Å². The highest BCUT2D eigenvalue weighted by Crippen LogP contribution is 2.27. The summed E-state index contributed by atoms with van der Waals surface area (Å²) in [7, 11) is 1.67. The Morgan fingerprint density at radius 1 is 0.850 bits per heavy atom. The molecule has 0 heterocycles. The van der Waals surface area contributed by atoms with Crippen LogP contribution in [0, 0.1) is 0 Å². The molecule has 0 aromatic rings. The predicted octanol–water partition coefficient (Wildman–Crippen LogP) is 4.47. The van der Waals surface area contributed by atoms with Crippen molar-refractivity contribution in [3.63, 3.8) is 0 Å². The van der Waals surface area contributed by atoms with Crippen molar-refractivity contribution in [2.24, 2.45) is 0 Å². The standard InChI is InChI=1S/C16H34O4/c1-6-10-12-16(18-13-8-3,19-14-9-4)20-15(17-5)11-7-2/h15H,6-14H2,1-5H3. The molecule has 0 fully saturated rings. The SMILES string of the molecule is CCCCC(OCCC)(OCCC)OC(CCC)OC. The number of unbranched alkanes of at least 4 members (excludes halogenated alkanes) is 1. The fourth-order valence-electron chi connectivity index (χ4n) is 1.88. The van der Waals surface area contributed by atoms with E-state index >= 15 is 0 Å². The first-order valence-corrected chi connectivity index (χ1v) is 8.16. The maximum absolute atomic E-state index is 6.07. The highest BCUT2D eigenvalue weighted by Gasteiger charge is 2.35. The minimum absolute atomic E-state index is 0.273. The molecule has 0 aromatic heterocycles. The van der Waals surface area contributed by atoms with Gasteiger partial charge in [-0.25, -0.2) is 0 Å². The minimum atomic E-state index is -0.947. The second kappa shape index (κ2) is 12.6. The molecule has 4 heteroatoms. The van der Waals surface area contributed by atoms with Crippen LogP contribution in [0.25, 0.3) is 0 Å². The Hall–Kier alpha value is -0.160. The summed E-state index contributed by atoms with van der Waals surface area (Å²) in [5.74, 6) is -0.947. The molecule has 0 radical (unpaired) electrons. The van der Waals surface area contributed by atoms with Gasteiger partial charge in [-0.3, -0.25) is 4.74 Å². The molecule has 20 heavy (non-hydrogen) atoms. The first-order chi connectivity index (χ1) is 9.67. The van der Waals surface area contributed by atoms with Crippen LogP contribution in [0.2, 0.25) is 0 Å². The number of hydrogen-bond acceptors (Lipinski definition) is 4. The van der Waals surface area contributed by atoms with Crippen LogP contribution in [-0.2, 0) is 18.9 Å². The summed E-state index contributed by atoms with van der Waals surface area (Å²) in [6, 6.07) is 0. The van der Waals surface area contributed by atoms with Gasteiger partial charge in [0.15, 0.2) is 6.29 Å². The average Bonchev–Trinajstić information content (AvgIpc) is 2.48. The summed E-state index contributed by atoms with van der Waals surface area (Å²) < 4.78 is 23.3.